The molecule has 4 rings (SSSR count). The third-order valence-electron chi connectivity index (χ3n) is 4.87. The lowest BCUT2D eigenvalue weighted by atomic mass is 10.0. The molecule has 3 aromatic rings. The lowest BCUT2D eigenvalue weighted by Gasteiger charge is -2.17. The number of anilines is 1. The third-order valence-corrected chi connectivity index (χ3v) is 5.11. The van der Waals surface area contributed by atoms with Gasteiger partial charge in [-0.2, -0.15) is 4.98 Å². The summed E-state index contributed by atoms with van der Waals surface area (Å²) in [5.74, 6) is 1.43. The average molecular weight is 382 g/mol. The number of carbonyl (C=O) groups excluding carboxylic acids is 1. The van der Waals surface area contributed by atoms with Crippen LogP contribution in [-0.4, -0.2) is 22.6 Å². The van der Waals surface area contributed by atoms with E-state index in [9.17, 15) is 4.79 Å². The van der Waals surface area contributed by atoms with E-state index < -0.39 is 0 Å². The highest BCUT2D eigenvalue weighted by Gasteiger charge is 2.34. The zero-order valence-electron chi connectivity index (χ0n) is 15.2. The number of benzene rings is 2. The molecule has 0 spiro atoms. The molecule has 1 unspecified atom stereocenters. The second-order valence-corrected chi connectivity index (χ2v) is 7.56. The predicted molar refractivity (Wildman–Crippen MR) is 105 cm³/mol. The van der Waals surface area contributed by atoms with E-state index in [0.717, 1.165) is 11.3 Å². The molecule has 2 heterocycles. The topological polar surface area (TPSA) is 59.2 Å². The number of aromatic nitrogens is 2. The molecule has 0 saturated carbocycles. The van der Waals surface area contributed by atoms with Crippen molar-refractivity contribution in [1.29, 1.82) is 0 Å². The van der Waals surface area contributed by atoms with Gasteiger partial charge in [0.25, 0.3) is 5.89 Å². The molecule has 1 aliphatic heterocycles. The van der Waals surface area contributed by atoms with Gasteiger partial charge in [-0.15, -0.1) is 0 Å². The van der Waals surface area contributed by atoms with E-state index in [1.54, 1.807) is 17.0 Å². The first-order chi connectivity index (χ1) is 13.0. The highest BCUT2D eigenvalue weighted by atomic mass is 35.5. The van der Waals surface area contributed by atoms with E-state index in [2.05, 4.69) is 36.1 Å². The summed E-state index contributed by atoms with van der Waals surface area (Å²) in [6, 6.07) is 15.4. The summed E-state index contributed by atoms with van der Waals surface area (Å²) in [5, 5.41) is 4.71. The van der Waals surface area contributed by atoms with E-state index in [-0.39, 0.29) is 11.8 Å². The Morgan fingerprint density at radius 2 is 1.96 bits per heavy atom. The number of nitrogens with zero attached hydrogens (tertiary/aromatic N) is 3. The van der Waals surface area contributed by atoms with E-state index in [0.29, 0.717) is 35.6 Å². The maximum absolute atomic E-state index is 12.5. The Kier molecular flexibility index (Phi) is 4.70. The number of hydrogen-bond acceptors (Lipinski definition) is 4. The van der Waals surface area contributed by atoms with Gasteiger partial charge in [0.15, 0.2) is 5.82 Å². The van der Waals surface area contributed by atoms with Crippen molar-refractivity contribution >= 4 is 23.2 Å². The van der Waals surface area contributed by atoms with E-state index >= 15 is 0 Å². The molecule has 1 aromatic heterocycles. The van der Waals surface area contributed by atoms with Crippen LogP contribution in [0.2, 0.25) is 5.02 Å². The second kappa shape index (κ2) is 7.16. The minimum Gasteiger partial charge on any atom is -0.334 e. The van der Waals surface area contributed by atoms with Gasteiger partial charge in [-0.05, 0) is 41.8 Å². The summed E-state index contributed by atoms with van der Waals surface area (Å²) in [7, 11) is 0. The van der Waals surface area contributed by atoms with Gasteiger partial charge in [0.2, 0.25) is 5.91 Å². The maximum Gasteiger partial charge on any atom is 0.257 e. The van der Waals surface area contributed by atoms with Crippen LogP contribution in [-0.2, 0) is 4.79 Å². The van der Waals surface area contributed by atoms with Gasteiger partial charge in [-0.3, -0.25) is 4.79 Å². The first kappa shape index (κ1) is 17.7. The lowest BCUT2D eigenvalue weighted by Crippen LogP contribution is -2.24. The molecule has 1 amide bonds. The molecular formula is C21H20ClN3O2. The molecular weight excluding hydrogens is 362 g/mol. The first-order valence-corrected chi connectivity index (χ1v) is 9.39. The van der Waals surface area contributed by atoms with Gasteiger partial charge >= 0.3 is 0 Å². The Bertz CT molecular complexity index is 966. The van der Waals surface area contributed by atoms with Crippen LogP contribution in [0.5, 0.6) is 0 Å². The Morgan fingerprint density at radius 3 is 2.67 bits per heavy atom. The van der Waals surface area contributed by atoms with Gasteiger partial charge in [0.1, 0.15) is 0 Å². The molecule has 2 aromatic carbocycles. The summed E-state index contributed by atoms with van der Waals surface area (Å²) in [4.78, 5) is 18.8. The largest absolute Gasteiger partial charge is 0.334 e. The van der Waals surface area contributed by atoms with E-state index in [1.807, 2.05) is 24.3 Å². The van der Waals surface area contributed by atoms with Gasteiger partial charge < -0.3 is 9.42 Å². The second-order valence-electron chi connectivity index (χ2n) is 7.12. The summed E-state index contributed by atoms with van der Waals surface area (Å²) in [5.41, 5.74) is 2.93. The number of carbonyl (C=O) groups is 1. The molecule has 0 aliphatic carbocycles. The van der Waals surface area contributed by atoms with Crippen molar-refractivity contribution in [1.82, 2.24) is 10.1 Å². The quantitative estimate of drug-likeness (QED) is 0.635. The molecule has 1 saturated heterocycles. The SMILES string of the molecule is CC(C)c1ccc(N2CC(c3noc(-c4cccc(Cl)c4)n3)CC2=O)cc1. The van der Waals surface area contributed by atoms with Crippen LogP contribution in [0.1, 0.15) is 43.5 Å². The van der Waals surface area contributed by atoms with Crippen LogP contribution in [0, 0.1) is 0 Å². The molecule has 27 heavy (non-hydrogen) atoms. The van der Waals surface area contributed by atoms with Crippen LogP contribution in [0.25, 0.3) is 11.5 Å². The number of halogens is 1. The van der Waals surface area contributed by atoms with Gasteiger partial charge in [-0.25, -0.2) is 0 Å². The summed E-state index contributed by atoms with van der Waals surface area (Å²) >= 11 is 6.02. The highest BCUT2D eigenvalue weighted by Crippen LogP contribution is 2.32. The molecule has 1 fully saturated rings. The smallest absolute Gasteiger partial charge is 0.257 e. The molecule has 1 atom stereocenters. The molecule has 0 bridgehead atoms. The number of amides is 1. The van der Waals surface area contributed by atoms with Gasteiger partial charge in [0.05, 0.1) is 0 Å². The monoisotopic (exact) mass is 381 g/mol. The average Bonchev–Trinajstić information content (AvgIpc) is 3.29. The lowest BCUT2D eigenvalue weighted by molar-refractivity contribution is -0.117. The number of rotatable bonds is 4. The van der Waals surface area contributed by atoms with Crippen LogP contribution in [0.3, 0.4) is 0 Å². The Balaban J connectivity index is 1.52. The zero-order chi connectivity index (χ0) is 19.0. The van der Waals surface area contributed by atoms with Gasteiger partial charge in [0, 0.05) is 35.2 Å². The zero-order valence-corrected chi connectivity index (χ0v) is 16.0. The molecule has 5 nitrogen and oxygen atoms in total. The van der Waals surface area contributed by atoms with E-state index in [4.69, 9.17) is 16.1 Å². The Labute approximate surface area is 163 Å². The summed E-state index contributed by atoms with van der Waals surface area (Å²) in [6.45, 7) is 4.86. The fourth-order valence-electron chi connectivity index (χ4n) is 3.31. The van der Waals surface area contributed by atoms with Crippen molar-refractivity contribution in [2.24, 2.45) is 0 Å². The standard InChI is InChI=1S/C21H20ClN3O2/c1-13(2)14-6-8-18(9-7-14)25-12-16(11-19(25)26)20-23-21(27-24-20)15-4-3-5-17(22)10-15/h3-10,13,16H,11-12H2,1-2H3. The minimum atomic E-state index is -0.0843. The van der Waals surface area contributed by atoms with Crippen molar-refractivity contribution in [3.8, 4) is 11.5 Å². The predicted octanol–water partition coefficient (Wildman–Crippen LogP) is 5.03. The molecule has 138 valence electrons. The summed E-state index contributed by atoms with van der Waals surface area (Å²) in [6.07, 6.45) is 0.375. The normalized spacial score (nSPS) is 17.1. The van der Waals surface area contributed by atoms with Crippen molar-refractivity contribution in [3.05, 3.63) is 64.9 Å². The van der Waals surface area contributed by atoms with Crippen molar-refractivity contribution in [2.75, 3.05) is 11.4 Å². The Hall–Kier alpha value is -2.66. The molecule has 6 heteroatoms. The number of hydrogen-bond donors (Lipinski definition) is 0. The fraction of sp³-hybridized carbons (Fsp3) is 0.286. The third kappa shape index (κ3) is 3.60. The fourth-order valence-corrected chi connectivity index (χ4v) is 3.50. The highest BCUT2D eigenvalue weighted by molar-refractivity contribution is 6.30. The first-order valence-electron chi connectivity index (χ1n) is 9.01. The molecule has 0 radical (unpaired) electrons. The minimum absolute atomic E-state index is 0.0754. The maximum atomic E-state index is 12.5. The Morgan fingerprint density at radius 1 is 1.19 bits per heavy atom. The van der Waals surface area contributed by atoms with Gasteiger partial charge in [-0.1, -0.05) is 48.8 Å². The van der Waals surface area contributed by atoms with Crippen LogP contribution in [0.4, 0.5) is 5.69 Å². The van der Waals surface area contributed by atoms with Crippen LogP contribution in [0.15, 0.2) is 53.1 Å². The summed E-state index contributed by atoms with van der Waals surface area (Å²) < 4.78 is 5.39. The van der Waals surface area contributed by atoms with Crippen LogP contribution < -0.4 is 4.90 Å². The van der Waals surface area contributed by atoms with Crippen LogP contribution >= 0.6 is 11.6 Å². The molecule has 0 N–H and O–H groups in total. The van der Waals surface area contributed by atoms with Crippen molar-refractivity contribution in [2.45, 2.75) is 32.1 Å². The van der Waals surface area contributed by atoms with Crippen molar-refractivity contribution in [3.63, 3.8) is 0 Å². The van der Waals surface area contributed by atoms with E-state index in [1.165, 1.54) is 5.56 Å². The molecule has 1 aliphatic rings. The van der Waals surface area contributed by atoms with Crippen molar-refractivity contribution < 1.29 is 9.32 Å².